The molecule has 0 aliphatic heterocycles. The zero-order chi connectivity index (χ0) is 19.9. The van der Waals surface area contributed by atoms with E-state index < -0.39 is 0 Å². The van der Waals surface area contributed by atoms with E-state index in [-0.39, 0.29) is 30.9 Å². The Morgan fingerprint density at radius 3 is 2.31 bits per heavy atom. The van der Waals surface area contributed by atoms with Crippen LogP contribution in [0.15, 0.2) is 6.07 Å². The maximum Gasteiger partial charge on any atom is 0.253 e. The van der Waals surface area contributed by atoms with Crippen LogP contribution in [0, 0.1) is 16.6 Å². The highest BCUT2D eigenvalue weighted by Crippen LogP contribution is 2.35. The zero-order valence-electron chi connectivity index (χ0n) is 14.7. The molecule has 0 aliphatic carbocycles. The van der Waals surface area contributed by atoms with Crippen LogP contribution >= 0.6 is 67.8 Å². The molecule has 0 fully saturated rings. The van der Waals surface area contributed by atoms with Gasteiger partial charge in [-0.05, 0) is 86.7 Å². The summed E-state index contributed by atoms with van der Waals surface area (Å²) in [5.74, 6) is -0.565. The monoisotopic (exact) mass is 700 g/mol. The SMILES string of the molecule is CCCNC(=O)c1c(I)cc(I)c(N(CCC(CO)CO)C(C)=O)c1I. The standard InChI is InChI=1S/C17H23I3N2O4/c1-3-5-21-17(26)14-12(18)7-13(19)16(15(14)20)22(10(2)25)6-4-11(8-23)9-24/h7,11,23-24H,3-6,8-9H2,1-2H3,(H,21,26). The fourth-order valence-electron chi connectivity index (χ4n) is 2.34. The van der Waals surface area contributed by atoms with Gasteiger partial charge in [-0.2, -0.15) is 0 Å². The number of hydrogen-bond donors (Lipinski definition) is 3. The Balaban J connectivity index is 3.30. The molecule has 1 aromatic carbocycles. The van der Waals surface area contributed by atoms with Gasteiger partial charge >= 0.3 is 0 Å². The molecular weight excluding hydrogens is 677 g/mol. The lowest BCUT2D eigenvalue weighted by molar-refractivity contribution is -0.116. The number of rotatable bonds is 9. The minimum Gasteiger partial charge on any atom is -0.396 e. The van der Waals surface area contributed by atoms with Gasteiger partial charge in [0.15, 0.2) is 0 Å². The summed E-state index contributed by atoms with van der Waals surface area (Å²) in [6.07, 6.45) is 1.32. The van der Waals surface area contributed by atoms with Crippen LogP contribution in [0.25, 0.3) is 0 Å². The van der Waals surface area contributed by atoms with Crippen molar-refractivity contribution in [3.05, 3.63) is 22.3 Å². The van der Waals surface area contributed by atoms with E-state index in [0.717, 1.165) is 17.1 Å². The summed E-state index contributed by atoms with van der Waals surface area (Å²) in [5, 5.41) is 21.4. The second-order valence-corrected chi connectivity index (χ2v) is 9.23. The van der Waals surface area contributed by atoms with Crippen LogP contribution in [0.2, 0.25) is 0 Å². The summed E-state index contributed by atoms with van der Waals surface area (Å²) in [4.78, 5) is 26.5. The predicted octanol–water partition coefficient (Wildman–Crippen LogP) is 2.98. The van der Waals surface area contributed by atoms with Crippen molar-refractivity contribution >= 4 is 85.3 Å². The number of amides is 2. The van der Waals surface area contributed by atoms with Crippen LogP contribution in [0.3, 0.4) is 0 Å². The van der Waals surface area contributed by atoms with Crippen molar-refractivity contribution in [2.24, 2.45) is 5.92 Å². The summed E-state index contributed by atoms with van der Waals surface area (Å²) < 4.78 is 2.44. The molecule has 26 heavy (non-hydrogen) atoms. The van der Waals surface area contributed by atoms with Gasteiger partial charge in [-0.15, -0.1) is 0 Å². The lowest BCUT2D eigenvalue weighted by atomic mass is 10.1. The molecule has 0 unspecified atom stereocenters. The van der Waals surface area contributed by atoms with Gasteiger partial charge in [-0.25, -0.2) is 0 Å². The van der Waals surface area contributed by atoms with Crippen molar-refractivity contribution in [1.29, 1.82) is 0 Å². The number of benzene rings is 1. The fraction of sp³-hybridized carbons (Fsp3) is 0.529. The minimum absolute atomic E-state index is 0.131. The first-order chi connectivity index (χ1) is 12.3. The minimum atomic E-state index is -0.275. The molecule has 0 heterocycles. The topological polar surface area (TPSA) is 89.9 Å². The fourth-order valence-corrected chi connectivity index (χ4v) is 6.78. The molecule has 3 N–H and O–H groups in total. The van der Waals surface area contributed by atoms with Gasteiger partial charge in [0.05, 0.1) is 14.8 Å². The lowest BCUT2D eigenvalue weighted by Gasteiger charge is -2.27. The number of nitrogens with zero attached hydrogens (tertiary/aromatic N) is 1. The Morgan fingerprint density at radius 2 is 1.81 bits per heavy atom. The first kappa shape index (κ1) is 24.3. The van der Waals surface area contributed by atoms with E-state index in [1.807, 2.05) is 13.0 Å². The Kier molecular flexibility index (Phi) is 11.2. The lowest BCUT2D eigenvalue weighted by Crippen LogP contribution is -2.34. The third-order valence-corrected chi connectivity index (χ3v) is 6.56. The molecule has 0 radical (unpaired) electrons. The Hall–Kier alpha value is 0.270. The van der Waals surface area contributed by atoms with Crippen molar-refractivity contribution in [2.75, 3.05) is 31.2 Å². The largest absolute Gasteiger partial charge is 0.396 e. The van der Waals surface area contributed by atoms with E-state index in [2.05, 4.69) is 73.1 Å². The molecular formula is C17H23I3N2O4. The second-order valence-electron chi connectivity index (χ2n) is 5.82. The smallest absolute Gasteiger partial charge is 0.253 e. The van der Waals surface area contributed by atoms with Crippen molar-refractivity contribution in [2.45, 2.75) is 26.7 Å². The van der Waals surface area contributed by atoms with E-state index >= 15 is 0 Å². The number of aliphatic hydroxyl groups excluding tert-OH is 2. The maximum atomic E-state index is 12.6. The molecule has 9 heteroatoms. The zero-order valence-corrected chi connectivity index (χ0v) is 21.2. The summed E-state index contributed by atoms with van der Waals surface area (Å²) in [7, 11) is 0. The van der Waals surface area contributed by atoms with Gasteiger partial charge in [0, 0.05) is 46.3 Å². The Bertz CT molecular complexity index is 651. The third-order valence-electron chi connectivity index (χ3n) is 3.84. The molecule has 2 amide bonds. The highest BCUT2D eigenvalue weighted by Gasteiger charge is 2.25. The van der Waals surface area contributed by atoms with E-state index in [9.17, 15) is 19.8 Å². The number of anilines is 1. The number of halogens is 3. The molecule has 0 aromatic heterocycles. The number of carbonyl (C=O) groups is 2. The normalized spacial score (nSPS) is 10.9. The number of carbonyl (C=O) groups excluding carboxylic acids is 2. The van der Waals surface area contributed by atoms with Crippen LogP contribution in [0.4, 0.5) is 5.69 Å². The predicted molar refractivity (Wildman–Crippen MR) is 128 cm³/mol. The van der Waals surface area contributed by atoms with Crippen molar-refractivity contribution < 1.29 is 19.8 Å². The summed E-state index contributed by atoms with van der Waals surface area (Å²) in [6.45, 7) is 4.17. The van der Waals surface area contributed by atoms with Gasteiger partial charge in [-0.1, -0.05) is 6.92 Å². The Morgan fingerprint density at radius 1 is 1.19 bits per heavy atom. The molecule has 0 bridgehead atoms. The number of hydrogen-bond acceptors (Lipinski definition) is 4. The Labute approximate surface area is 194 Å². The van der Waals surface area contributed by atoms with E-state index in [1.165, 1.54) is 6.92 Å². The van der Waals surface area contributed by atoms with Crippen LogP contribution in [-0.2, 0) is 4.79 Å². The molecule has 0 spiro atoms. The molecule has 0 saturated carbocycles. The van der Waals surface area contributed by atoms with Gasteiger partial charge < -0.3 is 20.4 Å². The van der Waals surface area contributed by atoms with Crippen molar-refractivity contribution in [1.82, 2.24) is 5.32 Å². The first-order valence-corrected chi connectivity index (χ1v) is 11.5. The average molecular weight is 700 g/mol. The van der Waals surface area contributed by atoms with Gasteiger partial charge in [0.2, 0.25) is 5.91 Å². The van der Waals surface area contributed by atoms with Crippen LogP contribution in [-0.4, -0.2) is 48.3 Å². The second kappa shape index (κ2) is 12.0. The highest BCUT2D eigenvalue weighted by molar-refractivity contribution is 14.1. The van der Waals surface area contributed by atoms with E-state index in [4.69, 9.17) is 0 Å². The van der Waals surface area contributed by atoms with Crippen LogP contribution in [0.1, 0.15) is 37.0 Å². The van der Waals surface area contributed by atoms with Crippen molar-refractivity contribution in [3.8, 4) is 0 Å². The quantitative estimate of drug-likeness (QED) is 0.346. The first-order valence-electron chi connectivity index (χ1n) is 8.23. The number of aliphatic hydroxyl groups is 2. The van der Waals surface area contributed by atoms with Gasteiger partial charge in [0.25, 0.3) is 5.91 Å². The van der Waals surface area contributed by atoms with Gasteiger partial charge in [0.1, 0.15) is 0 Å². The molecule has 1 aromatic rings. The van der Waals surface area contributed by atoms with Gasteiger partial charge in [-0.3, -0.25) is 9.59 Å². The van der Waals surface area contributed by atoms with Crippen LogP contribution in [0.5, 0.6) is 0 Å². The molecule has 146 valence electrons. The summed E-state index contributed by atoms with van der Waals surface area (Å²) in [6, 6.07) is 1.89. The average Bonchev–Trinajstić information content (AvgIpc) is 2.58. The van der Waals surface area contributed by atoms with E-state index in [0.29, 0.717) is 30.8 Å². The summed E-state index contributed by atoms with van der Waals surface area (Å²) >= 11 is 6.43. The molecule has 1 rings (SSSR count). The van der Waals surface area contributed by atoms with Crippen molar-refractivity contribution in [3.63, 3.8) is 0 Å². The summed E-state index contributed by atoms with van der Waals surface area (Å²) in [5.41, 5.74) is 1.28. The molecule has 0 atom stereocenters. The molecule has 6 nitrogen and oxygen atoms in total. The number of nitrogens with one attached hydrogen (secondary N) is 1. The molecule has 0 aliphatic rings. The van der Waals surface area contributed by atoms with E-state index in [1.54, 1.807) is 4.90 Å². The molecule has 0 saturated heterocycles. The highest BCUT2D eigenvalue weighted by atomic mass is 127. The maximum absolute atomic E-state index is 12.6. The third kappa shape index (κ3) is 6.41. The van der Waals surface area contributed by atoms with Crippen LogP contribution < -0.4 is 10.2 Å².